The van der Waals surface area contributed by atoms with Crippen molar-refractivity contribution >= 4 is 17.0 Å². The monoisotopic (exact) mass is 598 g/mol. The summed E-state index contributed by atoms with van der Waals surface area (Å²) in [5, 5.41) is 9.17. The molecule has 0 saturated carbocycles. The van der Waals surface area contributed by atoms with E-state index in [2.05, 4.69) is 20.3 Å². The molecule has 0 N–H and O–H groups in total. The molecule has 0 fully saturated rings. The van der Waals surface area contributed by atoms with Crippen molar-refractivity contribution in [2.75, 3.05) is 0 Å². The van der Waals surface area contributed by atoms with Gasteiger partial charge in [-0.2, -0.15) is 0 Å². The number of benzene rings is 3. The summed E-state index contributed by atoms with van der Waals surface area (Å²) in [5.41, 5.74) is 1.68. The first-order chi connectivity index (χ1) is 21.3. The second-order valence-corrected chi connectivity index (χ2v) is 9.35. The number of nitrogens with zero attached hydrogens (tertiary/aromatic N) is 6. The van der Waals surface area contributed by atoms with Crippen molar-refractivity contribution < 1.29 is 22.9 Å². The zero-order chi connectivity index (χ0) is 31.0. The maximum absolute atomic E-state index is 13.2. The average Bonchev–Trinajstić information content (AvgIpc) is 3.66. The number of hydrogen-bond donors (Lipinski definition) is 0. The van der Waals surface area contributed by atoms with Gasteiger partial charge < -0.3 is 13.6 Å². The predicted molar refractivity (Wildman–Crippen MR) is 150 cm³/mol. The Morgan fingerprint density at radius 3 is 2.30 bits per heavy atom. The van der Waals surface area contributed by atoms with E-state index in [0.717, 1.165) is 0 Å². The maximum Gasteiger partial charge on any atom is 0.519 e. The smallest absolute Gasteiger partial charge is 0.454 e. The van der Waals surface area contributed by atoms with Crippen LogP contribution in [0.4, 0.5) is 0 Å². The van der Waals surface area contributed by atoms with Crippen molar-refractivity contribution in [1.82, 2.24) is 19.1 Å². The van der Waals surface area contributed by atoms with E-state index < -0.39 is 29.8 Å². The number of rotatable bonds is 9. The normalized spacial score (nSPS) is 11.1. The summed E-state index contributed by atoms with van der Waals surface area (Å²) >= 11 is 0. The van der Waals surface area contributed by atoms with Crippen molar-refractivity contribution in [2.24, 2.45) is 10.6 Å². The maximum atomic E-state index is 13.2. The van der Waals surface area contributed by atoms with Crippen LogP contribution in [0.5, 0.6) is 0 Å². The largest absolute Gasteiger partial charge is 0.519 e. The second kappa shape index (κ2) is 11.1. The molecule has 3 aromatic heterocycles. The van der Waals surface area contributed by atoms with Crippen LogP contribution in [0.1, 0.15) is 27.4 Å². The molecular weight excluding hydrogens is 580 g/mol. The second-order valence-electron chi connectivity index (χ2n) is 9.35. The van der Waals surface area contributed by atoms with Crippen LogP contribution >= 0.6 is 0 Å². The van der Waals surface area contributed by atoms with Crippen LogP contribution in [0, 0.1) is 16.7 Å². The third-order valence-electron chi connectivity index (χ3n) is 6.84. The Morgan fingerprint density at radius 1 is 0.886 bits per heavy atom. The summed E-state index contributed by atoms with van der Waals surface area (Å²) in [6.45, 7) is 1.01. The highest BCUT2D eigenvalue weighted by molar-refractivity contribution is 6.02. The molecule has 3 aromatic carbocycles. The van der Waals surface area contributed by atoms with Crippen molar-refractivity contribution in [3.05, 3.63) is 131 Å². The molecule has 6 aromatic rings. The highest BCUT2D eigenvalue weighted by atomic mass is 16.6. The fourth-order valence-corrected chi connectivity index (χ4v) is 4.79. The Bertz CT molecular complexity index is 2250. The van der Waals surface area contributed by atoms with E-state index in [-0.39, 0.29) is 40.5 Å². The number of aryl methyl sites for hydroxylation is 1. The molecule has 0 aliphatic heterocycles. The van der Waals surface area contributed by atoms with Gasteiger partial charge in [0.1, 0.15) is 0 Å². The van der Waals surface area contributed by atoms with Crippen molar-refractivity contribution in [3.63, 3.8) is 0 Å². The standard InChI is InChI=1S/C28H18N6O10/c1-15-22(43-28(38)42-15)14-41-25(35)20-7-4-8-21-23(20)32(26(36)33(21)30-39)13-16-9-11-17(12-10-16)18-5-2-3-6-19(18)24-29-44-27(37)34(24)31-40/h2-12H,13-14H2,1H3. The Labute approximate surface area is 243 Å². The summed E-state index contributed by atoms with van der Waals surface area (Å²) in [5.74, 6) is -2.72. The molecule has 0 aliphatic rings. The van der Waals surface area contributed by atoms with Gasteiger partial charge in [-0.1, -0.05) is 59.8 Å². The number of ether oxygens (including phenoxy) is 1. The van der Waals surface area contributed by atoms with E-state index in [1.807, 2.05) is 0 Å². The molecule has 0 aliphatic carbocycles. The minimum atomic E-state index is -1.03. The van der Waals surface area contributed by atoms with Crippen LogP contribution in [0.2, 0.25) is 0 Å². The van der Waals surface area contributed by atoms with E-state index >= 15 is 0 Å². The van der Waals surface area contributed by atoms with Crippen LogP contribution in [0.25, 0.3) is 33.5 Å². The van der Waals surface area contributed by atoms with Crippen molar-refractivity contribution in [3.8, 4) is 22.5 Å². The number of carbonyl (C=O) groups excluding carboxylic acids is 1. The fraction of sp³-hybridized carbons (Fsp3) is 0.107. The molecular formula is C28H18N6O10. The summed E-state index contributed by atoms with van der Waals surface area (Å²) < 4.78 is 21.9. The first kappa shape index (κ1) is 27.7. The van der Waals surface area contributed by atoms with E-state index in [1.54, 1.807) is 48.5 Å². The van der Waals surface area contributed by atoms with Crippen LogP contribution < -0.4 is 17.3 Å². The van der Waals surface area contributed by atoms with Gasteiger partial charge >= 0.3 is 23.2 Å². The molecule has 0 amide bonds. The zero-order valence-corrected chi connectivity index (χ0v) is 22.5. The summed E-state index contributed by atoms with van der Waals surface area (Å²) in [4.78, 5) is 72.2. The Balaban J connectivity index is 1.35. The molecule has 0 atom stereocenters. The molecule has 6 rings (SSSR count). The summed E-state index contributed by atoms with van der Waals surface area (Å²) in [7, 11) is 0. The minimum absolute atomic E-state index is 0.0240. The fourth-order valence-electron chi connectivity index (χ4n) is 4.79. The number of esters is 1. The number of imidazole rings is 1. The third kappa shape index (κ3) is 4.75. The van der Waals surface area contributed by atoms with Crippen LogP contribution in [0.15, 0.2) is 105 Å². The molecule has 16 heteroatoms. The number of aromatic nitrogens is 4. The number of para-hydroxylation sites is 1. The highest BCUT2D eigenvalue weighted by Crippen LogP contribution is 2.31. The quantitative estimate of drug-likeness (QED) is 0.174. The van der Waals surface area contributed by atoms with Crippen LogP contribution in [-0.4, -0.2) is 25.0 Å². The SMILES string of the molecule is Cc1oc(=O)oc1COC(=O)c1cccc2c1n(Cc1ccc(-c3ccccc3-c3noc(=O)n3N=O)cc1)c(=O)n2N=O. The molecule has 3 heterocycles. The van der Waals surface area contributed by atoms with Gasteiger partial charge in [-0.15, -0.1) is 19.2 Å². The van der Waals surface area contributed by atoms with E-state index in [9.17, 15) is 29.0 Å². The van der Waals surface area contributed by atoms with Gasteiger partial charge in [0.25, 0.3) is 0 Å². The van der Waals surface area contributed by atoms with Gasteiger partial charge in [-0.05, 0) is 35.7 Å². The number of hydrogen-bond acceptors (Lipinski definition) is 13. The molecule has 0 bridgehead atoms. The van der Waals surface area contributed by atoms with E-state index in [1.165, 1.54) is 29.7 Å². The van der Waals surface area contributed by atoms with Gasteiger partial charge in [0.05, 0.1) is 33.7 Å². The molecule has 220 valence electrons. The van der Waals surface area contributed by atoms with Crippen molar-refractivity contribution in [2.45, 2.75) is 20.1 Å². The van der Waals surface area contributed by atoms with Crippen molar-refractivity contribution in [1.29, 1.82) is 0 Å². The van der Waals surface area contributed by atoms with E-state index in [4.69, 9.17) is 13.6 Å². The van der Waals surface area contributed by atoms with Gasteiger partial charge in [0, 0.05) is 5.56 Å². The molecule has 0 radical (unpaired) electrons. The van der Waals surface area contributed by atoms with Gasteiger partial charge in [-0.3, -0.25) is 9.09 Å². The van der Waals surface area contributed by atoms with Crippen LogP contribution in [-0.2, 0) is 17.9 Å². The lowest BCUT2D eigenvalue weighted by Crippen LogP contribution is -2.22. The number of fused-ring (bicyclic) bond motifs is 1. The topological polar surface area (TPSA) is 203 Å². The minimum Gasteiger partial charge on any atom is -0.454 e. The van der Waals surface area contributed by atoms with Gasteiger partial charge in [0.2, 0.25) is 5.82 Å². The molecule has 0 spiro atoms. The Kier molecular flexibility index (Phi) is 6.98. The molecule has 44 heavy (non-hydrogen) atoms. The zero-order valence-electron chi connectivity index (χ0n) is 22.5. The average molecular weight is 598 g/mol. The number of nitroso groups, excluding NO2 is 2. The molecule has 0 unspecified atom stereocenters. The first-order valence-corrected chi connectivity index (χ1v) is 12.8. The lowest BCUT2D eigenvalue weighted by Gasteiger charge is -2.10. The summed E-state index contributed by atoms with van der Waals surface area (Å²) in [6, 6.07) is 18.1. The lowest BCUT2D eigenvalue weighted by molar-refractivity contribution is 0.0444. The van der Waals surface area contributed by atoms with Crippen LogP contribution in [0.3, 0.4) is 0 Å². The van der Waals surface area contributed by atoms with Gasteiger partial charge in [0.15, 0.2) is 18.1 Å². The Morgan fingerprint density at radius 2 is 1.61 bits per heavy atom. The summed E-state index contributed by atoms with van der Waals surface area (Å²) in [6.07, 6.45) is 0. The van der Waals surface area contributed by atoms with E-state index in [0.29, 0.717) is 31.6 Å². The molecule has 16 nitrogen and oxygen atoms in total. The first-order valence-electron chi connectivity index (χ1n) is 12.8. The lowest BCUT2D eigenvalue weighted by atomic mass is 9.98. The molecule has 0 saturated heterocycles. The predicted octanol–water partition coefficient (Wildman–Crippen LogP) is 3.61. The third-order valence-corrected chi connectivity index (χ3v) is 6.84. The Hall–Kier alpha value is -6.45. The highest BCUT2D eigenvalue weighted by Gasteiger charge is 2.23. The van der Waals surface area contributed by atoms with Gasteiger partial charge in [-0.25, -0.2) is 19.2 Å². The number of carbonyl (C=O) groups is 1.